The standard InChI is InChI=1S/C92H134N20O18/c1-9-11-26-72-84(122)101-65(44-53(3)4)80(118)97-40-19-24-61(95)79(117)103-68(46-55-32-35-58(113)36-33-55)90(128)110-41-18-17-29-73(110)86(124)105-69(48-77(96)114)91(129)112-43-21-31-75(112)87(125)106-70(49-94)83(121)104-67(45-54(5)6)89(127)111-42-20-30-74(111)85(123)102-66(47-57-50-98-62-25-15-13-22-59(57)62)82(120)99-63(38-39-93)81(119)100-64(88(126)108(8)76(27-12-10-2)92(130)107(72)7)37-34-56-51-109(52-78(115)116)71-28-16-14-23-60(56)71/h13-16,22-23,25,28,32-33,35-36,50-51,53-54,61,63-70,72-76,98,113H,9-12,17-21,24,26-27,29-31,34,37-49,52,93-95H2,1-8H3,(H2,96,114)(H,97,118)(H,99,120)(H,100,119)(H,101,122)(H,102,123)(H,103,117)(H,104,121)(H,105,124)(H,106,125)(H,115,116)/t61-,63-,64-,65-,66-,67-,68-,69-,70-,72-,73-,74-,75-,76-/m0/s1. The number of hydrogen-bond donors (Lipinski definition) is 16. The van der Waals surface area contributed by atoms with Crippen molar-refractivity contribution in [1.82, 2.24) is 81.9 Å². The number of H-pyrrole nitrogens is 1. The van der Waals surface area contributed by atoms with E-state index in [0.29, 0.717) is 83.4 Å². The lowest BCUT2D eigenvalue weighted by Gasteiger charge is -2.38. The van der Waals surface area contributed by atoms with Gasteiger partial charge in [0.05, 0.1) is 12.5 Å². The Morgan fingerprint density at radius 3 is 1.59 bits per heavy atom. The molecule has 14 atom stereocenters. The summed E-state index contributed by atoms with van der Waals surface area (Å²) in [6, 6.07) is 1.01. The number of phenolic OH excluding ortho intramolecular Hbond substituents is 1. The molecule has 38 heteroatoms. The molecular formula is C92H134N20O18. The van der Waals surface area contributed by atoms with Crippen molar-refractivity contribution in [3.8, 4) is 5.75 Å². The van der Waals surface area contributed by atoms with Crippen molar-refractivity contribution in [3.05, 3.63) is 102 Å². The maximum atomic E-state index is 15.8. The summed E-state index contributed by atoms with van der Waals surface area (Å²) >= 11 is 0. The van der Waals surface area contributed by atoms with E-state index in [1.165, 1.54) is 45.8 Å². The zero-order chi connectivity index (χ0) is 94.7. The van der Waals surface area contributed by atoms with Crippen molar-refractivity contribution in [3.63, 3.8) is 0 Å². The molecule has 0 spiro atoms. The van der Waals surface area contributed by atoms with Gasteiger partial charge in [0.2, 0.25) is 88.6 Å². The molecule has 38 nitrogen and oxygen atoms in total. The molecule has 710 valence electrons. The Bertz CT molecular complexity index is 4820. The van der Waals surface area contributed by atoms with Crippen LogP contribution < -0.4 is 70.8 Å². The van der Waals surface area contributed by atoms with Gasteiger partial charge in [-0.25, -0.2) is 0 Å². The number of aromatic nitrogens is 2. The number of aromatic hydroxyl groups is 1. The maximum Gasteiger partial charge on any atom is 0.323 e. The number of rotatable bonds is 24. The number of nitrogens with zero attached hydrogens (tertiary/aromatic N) is 6. The van der Waals surface area contributed by atoms with Crippen molar-refractivity contribution < 1.29 is 86.9 Å². The highest BCUT2D eigenvalue weighted by Crippen LogP contribution is 2.30. The lowest BCUT2D eigenvalue weighted by molar-refractivity contribution is -0.149. The van der Waals surface area contributed by atoms with Crippen molar-refractivity contribution in [2.75, 3.05) is 53.4 Å². The number of aliphatic carboxylic acids is 1. The first-order chi connectivity index (χ1) is 62.1. The molecule has 0 aliphatic carbocycles. The first-order valence-corrected chi connectivity index (χ1v) is 45.8. The number of amides is 15. The van der Waals surface area contributed by atoms with E-state index in [1.54, 1.807) is 79.3 Å². The number of aryl methyl sites for hydroxylation is 1. The summed E-state index contributed by atoms with van der Waals surface area (Å²) in [5, 5.41) is 46.8. The summed E-state index contributed by atoms with van der Waals surface area (Å²) in [6.45, 7) is 9.92. The van der Waals surface area contributed by atoms with E-state index in [2.05, 4.69) is 52.8 Å². The third-order valence-corrected chi connectivity index (χ3v) is 24.8. The van der Waals surface area contributed by atoms with E-state index < -0.39 is 199 Å². The number of likely N-dealkylation sites (N-methyl/N-ethyl adjacent to an activating group) is 2. The number of nitrogens with two attached hydrogens (primary N) is 4. The smallest absolute Gasteiger partial charge is 0.323 e. The van der Waals surface area contributed by atoms with E-state index in [1.807, 2.05) is 39.8 Å². The predicted molar refractivity (Wildman–Crippen MR) is 484 cm³/mol. The predicted octanol–water partition coefficient (Wildman–Crippen LogP) is 1.12. The van der Waals surface area contributed by atoms with Gasteiger partial charge in [-0.15, -0.1) is 0 Å². The van der Waals surface area contributed by atoms with Crippen LogP contribution in [0.1, 0.15) is 187 Å². The number of carboxylic acid groups (broad SMARTS) is 1. The van der Waals surface area contributed by atoms with Crippen LogP contribution in [0.2, 0.25) is 0 Å². The zero-order valence-electron chi connectivity index (χ0n) is 76.0. The highest BCUT2D eigenvalue weighted by Gasteiger charge is 2.46. The number of nitrogens with one attached hydrogen (secondary N) is 10. The number of fused-ring (bicyclic) bond motifs is 5. The molecule has 4 aliphatic heterocycles. The van der Waals surface area contributed by atoms with Crippen LogP contribution in [-0.4, -0.2) is 277 Å². The summed E-state index contributed by atoms with van der Waals surface area (Å²) < 4.78 is 1.55. The SMILES string of the molecule is CCCC[C@H]1C(=O)N(C)[C@@H](CCCC)C(=O)N[C@@H](CC(C)C)C(=O)NCCC[C@H](N)C(=O)N[C@@H](Cc2ccc(O)cc2)C(=O)N2CCCC[C@H]2C(=O)N[C@@H](CC(N)=O)C(=O)N2CCC[C@H]2C(=O)N[C@@H](CN)C(=O)N[C@@H](CC(C)C)C(=O)N2CCC[C@H]2C(=O)N[C@@H](Cc2c[nH]c3ccccc23)C(=O)N[C@@H](CCN)C(=O)N[C@@H](CCc2cn(CC(=O)O)c3ccccc23)C(=O)N1C. The van der Waals surface area contributed by atoms with Gasteiger partial charge in [-0.2, -0.15) is 0 Å². The van der Waals surface area contributed by atoms with Gasteiger partial charge in [-0.3, -0.25) is 76.7 Å². The van der Waals surface area contributed by atoms with Crippen molar-refractivity contribution in [1.29, 1.82) is 0 Å². The minimum Gasteiger partial charge on any atom is -0.508 e. The molecule has 0 saturated carbocycles. The van der Waals surface area contributed by atoms with Crippen molar-refractivity contribution in [2.24, 2.45) is 34.8 Å². The highest BCUT2D eigenvalue weighted by molar-refractivity contribution is 6.02. The van der Waals surface area contributed by atoms with Gasteiger partial charge in [-0.1, -0.05) is 116 Å². The fourth-order valence-electron chi connectivity index (χ4n) is 17.8. The first kappa shape index (κ1) is 102. The second-order valence-electron chi connectivity index (χ2n) is 35.6. The number of carboxylic acids is 1. The van der Waals surface area contributed by atoms with Crippen LogP contribution in [0.4, 0.5) is 0 Å². The van der Waals surface area contributed by atoms with E-state index >= 15 is 38.4 Å². The minimum absolute atomic E-state index is 0.00458. The second kappa shape index (κ2) is 48.5. The Labute approximate surface area is 757 Å². The van der Waals surface area contributed by atoms with Crippen LogP contribution in [0, 0.1) is 11.8 Å². The molecule has 9 rings (SSSR count). The molecule has 0 radical (unpaired) electrons. The fourth-order valence-corrected chi connectivity index (χ4v) is 17.8. The number of para-hydroxylation sites is 2. The van der Waals surface area contributed by atoms with Gasteiger partial charge in [0.1, 0.15) is 90.8 Å². The molecule has 0 unspecified atom stereocenters. The van der Waals surface area contributed by atoms with Gasteiger partial charge in [0, 0.05) is 93.9 Å². The summed E-state index contributed by atoms with van der Waals surface area (Å²) in [7, 11) is 2.86. The monoisotopic (exact) mass is 1810 g/mol. The Morgan fingerprint density at radius 2 is 0.985 bits per heavy atom. The summed E-state index contributed by atoms with van der Waals surface area (Å²) in [4.78, 5) is 245. The zero-order valence-corrected chi connectivity index (χ0v) is 76.0. The number of piperidine rings is 1. The largest absolute Gasteiger partial charge is 0.508 e. The van der Waals surface area contributed by atoms with Crippen molar-refractivity contribution in [2.45, 2.75) is 280 Å². The van der Waals surface area contributed by atoms with Gasteiger partial charge in [0.25, 0.3) is 0 Å². The number of carbonyl (C=O) groups is 16. The molecule has 0 bridgehead atoms. The normalized spacial score (nSPS) is 25.4. The van der Waals surface area contributed by atoms with Gasteiger partial charge in [0.15, 0.2) is 0 Å². The van der Waals surface area contributed by atoms with Gasteiger partial charge < -0.3 is 115 Å². The lowest BCUT2D eigenvalue weighted by atomic mass is 9.97. The van der Waals surface area contributed by atoms with Crippen LogP contribution in [0.25, 0.3) is 21.8 Å². The number of phenols is 1. The molecule has 2 aromatic heterocycles. The number of benzene rings is 3. The quantitative estimate of drug-likeness (QED) is 0.0411. The third-order valence-electron chi connectivity index (χ3n) is 24.8. The lowest BCUT2D eigenvalue weighted by Crippen LogP contribution is -2.62. The number of aromatic amines is 1. The summed E-state index contributed by atoms with van der Waals surface area (Å²) in [6.07, 6.45) is 5.92. The molecule has 15 amide bonds. The Balaban J connectivity index is 1.07. The molecular weight excluding hydrogens is 1670 g/mol. The summed E-state index contributed by atoms with van der Waals surface area (Å²) in [5.41, 5.74) is 27.8. The minimum atomic E-state index is -1.68. The van der Waals surface area contributed by atoms with E-state index in [9.17, 15) is 48.6 Å². The van der Waals surface area contributed by atoms with Gasteiger partial charge >= 0.3 is 5.97 Å². The molecule has 4 saturated heterocycles. The first-order valence-electron chi connectivity index (χ1n) is 45.8. The number of hydrogen-bond acceptors (Lipinski definition) is 20. The fraction of sp³-hybridized carbons (Fsp3) is 0.587. The van der Waals surface area contributed by atoms with E-state index in [4.69, 9.17) is 22.9 Å². The Kier molecular flexibility index (Phi) is 38.0. The van der Waals surface area contributed by atoms with Crippen LogP contribution >= 0.6 is 0 Å². The highest BCUT2D eigenvalue weighted by atomic mass is 16.4. The molecule has 20 N–H and O–H groups in total. The maximum absolute atomic E-state index is 15.8. The van der Waals surface area contributed by atoms with Crippen molar-refractivity contribution >= 4 is 116 Å². The molecule has 3 aromatic carbocycles. The Hall–Kier alpha value is -12.1. The number of unbranched alkanes of at least 4 members (excludes halogenated alkanes) is 2. The summed E-state index contributed by atoms with van der Waals surface area (Å²) in [5.74, 6) is -13.5. The van der Waals surface area contributed by atoms with E-state index in [0.717, 1.165) is 4.90 Å². The molecule has 5 aromatic rings. The average molecular weight is 1810 g/mol. The van der Waals surface area contributed by atoms with Crippen LogP contribution in [0.5, 0.6) is 5.75 Å². The van der Waals surface area contributed by atoms with Gasteiger partial charge in [-0.05, 0) is 162 Å². The van der Waals surface area contributed by atoms with Crippen LogP contribution in [-0.2, 0) is 103 Å². The molecule has 6 heterocycles. The second-order valence-corrected chi connectivity index (χ2v) is 35.6. The molecule has 130 heavy (non-hydrogen) atoms. The topological polar surface area (TPSA) is 563 Å². The van der Waals surface area contributed by atoms with Crippen LogP contribution in [0.3, 0.4) is 0 Å². The number of primary amides is 1. The average Bonchev–Trinajstić information content (AvgIpc) is 1.64. The number of carbonyl (C=O) groups excluding carboxylic acids is 15. The molecule has 4 aliphatic rings. The molecule has 4 fully saturated rings. The third kappa shape index (κ3) is 27.3. The van der Waals surface area contributed by atoms with E-state index in [-0.39, 0.29) is 147 Å². The van der Waals surface area contributed by atoms with Crippen LogP contribution in [0.15, 0.2) is 85.2 Å². The Morgan fingerprint density at radius 1 is 0.477 bits per heavy atom.